The van der Waals surface area contributed by atoms with Gasteiger partial charge < -0.3 is 15.2 Å². The van der Waals surface area contributed by atoms with E-state index in [0.29, 0.717) is 11.3 Å². The Morgan fingerprint density at radius 1 is 1.25 bits per heavy atom. The summed E-state index contributed by atoms with van der Waals surface area (Å²) in [7, 11) is 1.29. The van der Waals surface area contributed by atoms with E-state index in [2.05, 4.69) is 10.1 Å². The number of hydrogen-bond acceptors (Lipinski definition) is 4. The smallest absolute Gasteiger partial charge is 0.337 e. The van der Waals surface area contributed by atoms with E-state index >= 15 is 0 Å². The number of aliphatic carboxylic acids is 1. The summed E-state index contributed by atoms with van der Waals surface area (Å²) in [6.07, 6.45) is 0.410. The van der Waals surface area contributed by atoms with Gasteiger partial charge >= 0.3 is 11.9 Å². The van der Waals surface area contributed by atoms with Crippen LogP contribution in [-0.2, 0) is 14.3 Å². The summed E-state index contributed by atoms with van der Waals surface area (Å²) in [4.78, 5) is 33.5. The van der Waals surface area contributed by atoms with E-state index < -0.39 is 17.9 Å². The van der Waals surface area contributed by atoms with Crippen molar-refractivity contribution in [1.29, 1.82) is 0 Å². The third-order valence-electron chi connectivity index (χ3n) is 2.82. The Bertz CT molecular complexity index is 495. The standard InChI is InChI=1S/C14H17NO5/c1-9(13(17)18)3-8-12(16)15-11-6-4-10(5-7-11)14(19)20-2/h4-7,9H,3,8H2,1-2H3,(H,15,16)(H,17,18). The normalized spacial score (nSPS) is 11.5. The molecule has 0 aliphatic heterocycles. The maximum atomic E-state index is 11.6. The number of esters is 1. The van der Waals surface area contributed by atoms with Crippen LogP contribution in [0.25, 0.3) is 0 Å². The van der Waals surface area contributed by atoms with E-state index in [1.54, 1.807) is 31.2 Å². The Hall–Kier alpha value is -2.37. The summed E-state index contributed by atoms with van der Waals surface area (Å²) >= 11 is 0. The van der Waals surface area contributed by atoms with E-state index in [1.807, 2.05) is 0 Å². The van der Waals surface area contributed by atoms with Gasteiger partial charge in [-0.2, -0.15) is 0 Å². The molecule has 108 valence electrons. The van der Waals surface area contributed by atoms with Crippen molar-refractivity contribution in [2.24, 2.45) is 5.92 Å². The lowest BCUT2D eigenvalue weighted by atomic mass is 10.1. The van der Waals surface area contributed by atoms with Crippen molar-refractivity contribution in [2.75, 3.05) is 12.4 Å². The van der Waals surface area contributed by atoms with Crippen molar-refractivity contribution in [2.45, 2.75) is 19.8 Å². The number of hydrogen-bond donors (Lipinski definition) is 2. The first-order valence-electron chi connectivity index (χ1n) is 6.15. The van der Waals surface area contributed by atoms with Crippen LogP contribution in [0.5, 0.6) is 0 Å². The van der Waals surface area contributed by atoms with E-state index in [1.165, 1.54) is 7.11 Å². The molecule has 0 aliphatic carbocycles. The second-order valence-electron chi connectivity index (χ2n) is 4.40. The predicted molar refractivity (Wildman–Crippen MR) is 72.4 cm³/mol. The molecule has 1 unspecified atom stereocenters. The van der Waals surface area contributed by atoms with Crippen LogP contribution in [0.15, 0.2) is 24.3 Å². The van der Waals surface area contributed by atoms with Gasteiger partial charge in [0.15, 0.2) is 0 Å². The number of nitrogens with one attached hydrogen (secondary N) is 1. The highest BCUT2D eigenvalue weighted by molar-refractivity contribution is 5.93. The first-order chi connectivity index (χ1) is 9.43. The summed E-state index contributed by atoms with van der Waals surface area (Å²) in [5.74, 6) is -2.18. The summed E-state index contributed by atoms with van der Waals surface area (Å²) in [5, 5.41) is 11.4. The summed E-state index contributed by atoms with van der Waals surface area (Å²) in [6, 6.07) is 6.26. The molecule has 1 amide bonds. The molecule has 0 bridgehead atoms. The van der Waals surface area contributed by atoms with Crippen LogP contribution in [0.4, 0.5) is 5.69 Å². The van der Waals surface area contributed by atoms with Gasteiger partial charge in [0.25, 0.3) is 0 Å². The van der Waals surface area contributed by atoms with Gasteiger partial charge in [0.2, 0.25) is 5.91 Å². The van der Waals surface area contributed by atoms with Crippen LogP contribution in [0.1, 0.15) is 30.1 Å². The zero-order valence-electron chi connectivity index (χ0n) is 11.4. The molecule has 0 aromatic heterocycles. The van der Waals surface area contributed by atoms with Gasteiger partial charge in [-0.15, -0.1) is 0 Å². The van der Waals surface area contributed by atoms with Crippen LogP contribution in [-0.4, -0.2) is 30.1 Å². The van der Waals surface area contributed by atoms with E-state index in [9.17, 15) is 14.4 Å². The minimum atomic E-state index is -0.916. The van der Waals surface area contributed by atoms with Gasteiger partial charge in [0, 0.05) is 12.1 Å². The molecule has 2 N–H and O–H groups in total. The number of methoxy groups -OCH3 is 1. The van der Waals surface area contributed by atoms with E-state index in [0.717, 1.165) is 0 Å². The molecule has 0 heterocycles. The Morgan fingerprint density at radius 3 is 2.35 bits per heavy atom. The van der Waals surface area contributed by atoms with Crippen molar-refractivity contribution in [3.8, 4) is 0 Å². The fraction of sp³-hybridized carbons (Fsp3) is 0.357. The number of amides is 1. The molecular formula is C14H17NO5. The molecule has 1 atom stereocenters. The summed E-state index contributed by atoms with van der Waals surface area (Å²) in [5.41, 5.74) is 0.940. The molecule has 6 nitrogen and oxygen atoms in total. The molecule has 1 rings (SSSR count). The molecule has 6 heteroatoms. The number of carbonyl (C=O) groups is 3. The van der Waals surface area contributed by atoms with Crippen molar-refractivity contribution >= 4 is 23.5 Å². The molecule has 20 heavy (non-hydrogen) atoms. The second-order valence-corrected chi connectivity index (χ2v) is 4.40. The minimum absolute atomic E-state index is 0.131. The number of rotatable bonds is 6. The fourth-order valence-electron chi connectivity index (χ4n) is 1.50. The highest BCUT2D eigenvalue weighted by atomic mass is 16.5. The predicted octanol–water partition coefficient (Wildman–Crippen LogP) is 1.91. The Balaban J connectivity index is 2.50. The summed E-state index contributed by atoms with van der Waals surface area (Å²) < 4.78 is 4.56. The zero-order valence-corrected chi connectivity index (χ0v) is 11.4. The van der Waals surface area contributed by atoms with Crippen molar-refractivity contribution in [1.82, 2.24) is 0 Å². The Labute approximate surface area is 116 Å². The van der Waals surface area contributed by atoms with Gasteiger partial charge in [-0.1, -0.05) is 6.92 Å². The van der Waals surface area contributed by atoms with Gasteiger partial charge in [-0.25, -0.2) is 4.79 Å². The Kier molecular flexibility index (Phi) is 5.71. The van der Waals surface area contributed by atoms with Crippen molar-refractivity contribution < 1.29 is 24.2 Å². The molecule has 0 radical (unpaired) electrons. The molecule has 0 fully saturated rings. The molecule has 1 aromatic carbocycles. The zero-order chi connectivity index (χ0) is 15.1. The summed E-state index contributed by atoms with van der Waals surface area (Å²) in [6.45, 7) is 1.56. The van der Waals surface area contributed by atoms with Crippen LogP contribution in [0.3, 0.4) is 0 Å². The molecular weight excluding hydrogens is 262 g/mol. The Morgan fingerprint density at radius 2 is 1.85 bits per heavy atom. The maximum absolute atomic E-state index is 11.6. The monoisotopic (exact) mass is 279 g/mol. The molecule has 0 saturated heterocycles. The van der Waals surface area contributed by atoms with Gasteiger partial charge in [-0.05, 0) is 30.7 Å². The number of ether oxygens (including phenoxy) is 1. The third kappa shape index (κ3) is 4.72. The molecule has 0 aliphatic rings. The first-order valence-corrected chi connectivity index (χ1v) is 6.15. The average Bonchev–Trinajstić information content (AvgIpc) is 2.44. The molecule has 0 spiro atoms. The first kappa shape index (κ1) is 15.7. The highest BCUT2D eigenvalue weighted by Gasteiger charge is 2.13. The quantitative estimate of drug-likeness (QED) is 0.776. The van der Waals surface area contributed by atoms with Crippen LogP contribution in [0.2, 0.25) is 0 Å². The lowest BCUT2D eigenvalue weighted by Crippen LogP contribution is -2.16. The number of carbonyl (C=O) groups excluding carboxylic acids is 2. The van der Waals surface area contributed by atoms with Gasteiger partial charge in [0.1, 0.15) is 0 Å². The number of anilines is 1. The lowest BCUT2D eigenvalue weighted by Gasteiger charge is -2.08. The topological polar surface area (TPSA) is 92.7 Å². The number of carboxylic acid groups (broad SMARTS) is 1. The van der Waals surface area contributed by atoms with Gasteiger partial charge in [-0.3, -0.25) is 9.59 Å². The molecule has 1 aromatic rings. The largest absolute Gasteiger partial charge is 0.481 e. The van der Waals surface area contributed by atoms with Crippen LogP contribution >= 0.6 is 0 Å². The van der Waals surface area contributed by atoms with Crippen LogP contribution < -0.4 is 5.32 Å². The van der Waals surface area contributed by atoms with E-state index in [4.69, 9.17) is 5.11 Å². The lowest BCUT2D eigenvalue weighted by molar-refractivity contribution is -0.141. The fourth-order valence-corrected chi connectivity index (χ4v) is 1.50. The van der Waals surface area contributed by atoms with Gasteiger partial charge in [0.05, 0.1) is 18.6 Å². The molecule has 0 saturated carbocycles. The van der Waals surface area contributed by atoms with Crippen molar-refractivity contribution in [3.63, 3.8) is 0 Å². The van der Waals surface area contributed by atoms with Crippen molar-refractivity contribution in [3.05, 3.63) is 29.8 Å². The minimum Gasteiger partial charge on any atom is -0.481 e. The number of benzene rings is 1. The second kappa shape index (κ2) is 7.28. The SMILES string of the molecule is COC(=O)c1ccc(NC(=O)CCC(C)C(=O)O)cc1. The van der Waals surface area contributed by atoms with E-state index in [-0.39, 0.29) is 18.7 Å². The maximum Gasteiger partial charge on any atom is 0.337 e. The average molecular weight is 279 g/mol. The number of carboxylic acids is 1. The van der Waals surface area contributed by atoms with Crippen LogP contribution in [0, 0.1) is 5.92 Å². The highest BCUT2D eigenvalue weighted by Crippen LogP contribution is 2.12. The third-order valence-corrected chi connectivity index (χ3v) is 2.82.